The van der Waals surface area contributed by atoms with Gasteiger partial charge < -0.3 is 10.5 Å². The van der Waals surface area contributed by atoms with Crippen LogP contribution in [0.3, 0.4) is 0 Å². The van der Waals surface area contributed by atoms with Crippen LogP contribution in [0.1, 0.15) is 17.0 Å². The van der Waals surface area contributed by atoms with Crippen LogP contribution >= 0.6 is 0 Å². The van der Waals surface area contributed by atoms with Gasteiger partial charge in [-0.1, -0.05) is 24.3 Å². The van der Waals surface area contributed by atoms with E-state index in [9.17, 15) is 18.0 Å². The van der Waals surface area contributed by atoms with Crippen molar-refractivity contribution < 1.29 is 22.7 Å². The van der Waals surface area contributed by atoms with Gasteiger partial charge in [-0.05, 0) is 41.8 Å². The summed E-state index contributed by atoms with van der Waals surface area (Å²) in [6.45, 7) is 0.303. The maximum atomic E-state index is 12.5. The van der Waals surface area contributed by atoms with E-state index in [0.29, 0.717) is 23.3 Å². The summed E-state index contributed by atoms with van der Waals surface area (Å²) in [5.41, 5.74) is 6.84. The molecule has 0 heterocycles. The van der Waals surface area contributed by atoms with E-state index in [0.717, 1.165) is 0 Å². The Kier molecular flexibility index (Phi) is 4.56. The Labute approximate surface area is 144 Å². The fourth-order valence-corrected chi connectivity index (χ4v) is 4.36. The van der Waals surface area contributed by atoms with Crippen molar-refractivity contribution in [2.45, 2.75) is 23.3 Å². The lowest BCUT2D eigenvalue weighted by Crippen LogP contribution is -2.42. The number of amides is 1. The first-order valence-corrected chi connectivity index (χ1v) is 9.00. The molecule has 130 valence electrons. The number of carbonyl (C=O) groups is 2. The predicted octanol–water partition coefficient (Wildman–Crippen LogP) is 0.694. The largest absolute Gasteiger partial charge is 0.429 e. The Morgan fingerprint density at radius 3 is 2.56 bits per heavy atom. The van der Waals surface area contributed by atoms with Crippen LogP contribution in [0.5, 0.6) is 5.75 Å². The molecule has 0 saturated carbocycles. The Hall–Kier alpha value is -2.71. The first kappa shape index (κ1) is 17.1. The lowest BCUT2D eigenvalue weighted by Gasteiger charge is -2.19. The number of nitrogens with one attached hydrogen (secondary N) is 1. The quantitative estimate of drug-likeness (QED) is 0.736. The lowest BCUT2D eigenvalue weighted by atomic mass is 9.98. The van der Waals surface area contributed by atoms with Crippen molar-refractivity contribution in [3.8, 4) is 5.75 Å². The van der Waals surface area contributed by atoms with Crippen molar-refractivity contribution >= 4 is 22.4 Å². The van der Waals surface area contributed by atoms with Gasteiger partial charge in [0.05, 0.1) is 10.8 Å². The van der Waals surface area contributed by atoms with Crippen LogP contribution in [-0.4, -0.2) is 26.8 Å². The van der Waals surface area contributed by atoms with E-state index in [2.05, 4.69) is 4.72 Å². The number of fused-ring (bicyclic) bond motifs is 1. The van der Waals surface area contributed by atoms with Crippen LogP contribution in [0.2, 0.25) is 0 Å². The second-order valence-corrected chi connectivity index (χ2v) is 7.41. The van der Waals surface area contributed by atoms with Gasteiger partial charge in [0.1, 0.15) is 5.75 Å². The van der Waals surface area contributed by atoms with Crippen LogP contribution in [0.4, 0.5) is 0 Å². The lowest BCUT2D eigenvalue weighted by molar-refractivity contribution is -0.121. The van der Waals surface area contributed by atoms with Gasteiger partial charge in [-0.15, -0.1) is 0 Å². The second-order valence-electron chi connectivity index (χ2n) is 5.70. The number of hydrogen-bond donors (Lipinski definition) is 2. The molecule has 0 radical (unpaired) electrons. The molecule has 1 aliphatic carbocycles. The van der Waals surface area contributed by atoms with Crippen LogP contribution in [0.25, 0.3) is 0 Å². The smallest absolute Gasteiger partial charge is 0.298 e. The number of hydrogen-bond acceptors (Lipinski definition) is 5. The topological polar surface area (TPSA) is 116 Å². The predicted molar refractivity (Wildman–Crippen MR) is 89.3 cm³/mol. The van der Waals surface area contributed by atoms with Crippen molar-refractivity contribution in [2.75, 3.05) is 0 Å². The maximum Gasteiger partial charge on any atom is 0.298 e. The van der Waals surface area contributed by atoms with Crippen LogP contribution in [-0.2, 0) is 26.0 Å². The first-order chi connectivity index (χ1) is 11.9. The molecule has 2 unspecified atom stereocenters. The number of sulfonamides is 1. The van der Waals surface area contributed by atoms with Crippen LogP contribution in [0, 0.1) is 0 Å². The Bertz CT molecular complexity index is 912. The molecule has 0 aromatic heterocycles. The van der Waals surface area contributed by atoms with Gasteiger partial charge in [0.15, 0.2) is 0 Å². The van der Waals surface area contributed by atoms with Crippen LogP contribution < -0.4 is 15.2 Å². The molecule has 0 spiro atoms. The summed E-state index contributed by atoms with van der Waals surface area (Å²) in [5.74, 6) is -1.09. The van der Waals surface area contributed by atoms with E-state index in [1.807, 2.05) is 0 Å². The highest BCUT2D eigenvalue weighted by molar-refractivity contribution is 7.89. The van der Waals surface area contributed by atoms with Crippen molar-refractivity contribution in [1.82, 2.24) is 4.72 Å². The maximum absolute atomic E-state index is 12.5. The third-order valence-corrected chi connectivity index (χ3v) is 5.65. The summed E-state index contributed by atoms with van der Waals surface area (Å²) >= 11 is 0. The van der Waals surface area contributed by atoms with E-state index < -0.39 is 27.9 Å². The van der Waals surface area contributed by atoms with E-state index in [-0.39, 0.29) is 11.3 Å². The summed E-state index contributed by atoms with van der Waals surface area (Å²) in [5, 5.41) is 0. The molecular formula is C17H16N2O5S. The van der Waals surface area contributed by atoms with E-state index >= 15 is 0 Å². The molecule has 2 aromatic carbocycles. The molecule has 1 aliphatic rings. The molecule has 0 fully saturated rings. The van der Waals surface area contributed by atoms with Crippen molar-refractivity contribution in [3.05, 3.63) is 59.7 Å². The number of benzene rings is 2. The fourth-order valence-electron chi connectivity index (χ4n) is 3.09. The monoisotopic (exact) mass is 360 g/mol. The molecule has 2 atom stereocenters. The molecule has 8 heteroatoms. The van der Waals surface area contributed by atoms with Crippen molar-refractivity contribution in [1.29, 1.82) is 0 Å². The van der Waals surface area contributed by atoms with Gasteiger partial charge in [0.2, 0.25) is 15.9 Å². The summed E-state index contributed by atoms with van der Waals surface area (Å²) in [7, 11) is -3.79. The zero-order chi connectivity index (χ0) is 18.0. The van der Waals surface area contributed by atoms with Gasteiger partial charge in [-0.3, -0.25) is 9.59 Å². The zero-order valence-corrected chi connectivity index (χ0v) is 13.9. The highest BCUT2D eigenvalue weighted by Gasteiger charge is 2.39. The van der Waals surface area contributed by atoms with Crippen LogP contribution in [0.15, 0.2) is 53.4 Å². The summed E-state index contributed by atoms with van der Waals surface area (Å²) < 4.78 is 32.4. The molecule has 0 saturated heterocycles. The first-order valence-electron chi connectivity index (χ1n) is 7.52. The van der Waals surface area contributed by atoms with Gasteiger partial charge in [0, 0.05) is 6.04 Å². The third-order valence-electron chi connectivity index (χ3n) is 4.14. The minimum atomic E-state index is -3.79. The fraction of sp³-hybridized carbons (Fsp3) is 0.176. The minimum Gasteiger partial charge on any atom is -0.429 e. The normalized spacial score (nSPS) is 19.2. The average Bonchev–Trinajstić information content (AvgIpc) is 2.92. The highest BCUT2D eigenvalue weighted by Crippen LogP contribution is 2.36. The van der Waals surface area contributed by atoms with Gasteiger partial charge in [-0.25, -0.2) is 13.1 Å². The number of carbonyl (C=O) groups excluding carboxylic acids is 2. The number of rotatable bonds is 6. The average molecular weight is 360 g/mol. The molecule has 1 amide bonds. The Balaban J connectivity index is 1.92. The van der Waals surface area contributed by atoms with E-state index in [1.165, 1.54) is 18.2 Å². The van der Waals surface area contributed by atoms with Gasteiger partial charge in [0.25, 0.3) is 6.47 Å². The second kappa shape index (κ2) is 6.66. The molecule has 0 aliphatic heterocycles. The molecular weight excluding hydrogens is 344 g/mol. The standard InChI is InChI=1S/C17H16N2O5S/c18-17(21)16-14-7-6-12(24-10-20)8-11(14)9-15(16)19-25(22,23)13-4-2-1-3-5-13/h1-8,10,15-16,19H,9H2,(H2,18,21). The zero-order valence-electron chi connectivity index (χ0n) is 13.1. The van der Waals surface area contributed by atoms with E-state index in [1.54, 1.807) is 30.3 Å². The Morgan fingerprint density at radius 2 is 1.92 bits per heavy atom. The number of ether oxygens (including phenoxy) is 1. The van der Waals surface area contributed by atoms with E-state index in [4.69, 9.17) is 10.5 Å². The molecule has 2 aromatic rings. The third kappa shape index (κ3) is 3.40. The van der Waals surface area contributed by atoms with Gasteiger partial charge in [-0.2, -0.15) is 0 Å². The molecule has 7 nitrogen and oxygen atoms in total. The molecule has 0 bridgehead atoms. The minimum absolute atomic E-state index is 0.110. The molecule has 25 heavy (non-hydrogen) atoms. The summed E-state index contributed by atoms with van der Waals surface area (Å²) in [6, 6.07) is 12.0. The summed E-state index contributed by atoms with van der Waals surface area (Å²) in [4.78, 5) is 22.5. The Morgan fingerprint density at radius 1 is 1.20 bits per heavy atom. The van der Waals surface area contributed by atoms with Crippen molar-refractivity contribution in [3.63, 3.8) is 0 Å². The number of nitrogens with two attached hydrogens (primary N) is 1. The number of primary amides is 1. The molecule has 3 rings (SSSR count). The highest BCUT2D eigenvalue weighted by atomic mass is 32.2. The molecule has 3 N–H and O–H groups in total. The summed E-state index contributed by atoms with van der Waals surface area (Å²) in [6.07, 6.45) is 0.269. The SMILES string of the molecule is NC(=O)C1c2ccc(OC=O)cc2CC1NS(=O)(=O)c1ccccc1. The van der Waals surface area contributed by atoms with Gasteiger partial charge >= 0.3 is 0 Å². The van der Waals surface area contributed by atoms with Crippen molar-refractivity contribution in [2.24, 2.45) is 5.73 Å².